The molecule has 0 aliphatic carbocycles. The molecule has 0 unspecified atom stereocenters. The lowest BCUT2D eigenvalue weighted by Gasteiger charge is -2.10. The number of oxazole rings is 1. The number of amides is 1. The molecule has 0 aliphatic rings. The molecule has 4 rings (SSSR count). The van der Waals surface area contributed by atoms with Crippen molar-refractivity contribution in [2.24, 2.45) is 0 Å². The van der Waals surface area contributed by atoms with Gasteiger partial charge in [-0.25, -0.2) is 14.5 Å². The van der Waals surface area contributed by atoms with Gasteiger partial charge in [-0.1, -0.05) is 0 Å². The van der Waals surface area contributed by atoms with Crippen molar-refractivity contribution in [3.63, 3.8) is 0 Å². The molecule has 0 radical (unpaired) electrons. The summed E-state index contributed by atoms with van der Waals surface area (Å²) in [6.45, 7) is 5.85. The summed E-state index contributed by atoms with van der Waals surface area (Å²) >= 11 is 0. The van der Waals surface area contributed by atoms with Gasteiger partial charge in [0, 0.05) is 17.1 Å². The number of aromatic amines is 1. The quantitative estimate of drug-likeness (QED) is 0.590. The summed E-state index contributed by atoms with van der Waals surface area (Å²) in [5.74, 6) is -0.810. The minimum Gasteiger partial charge on any atom is -0.408 e. The first-order chi connectivity index (χ1) is 12.4. The summed E-state index contributed by atoms with van der Waals surface area (Å²) in [7, 11) is 0. The van der Waals surface area contributed by atoms with Crippen molar-refractivity contribution in [3.8, 4) is 0 Å². The number of rotatable bonds is 3. The van der Waals surface area contributed by atoms with E-state index in [9.17, 15) is 9.59 Å². The van der Waals surface area contributed by atoms with Crippen molar-refractivity contribution >= 4 is 33.7 Å². The fourth-order valence-electron chi connectivity index (χ4n) is 2.90. The van der Waals surface area contributed by atoms with E-state index in [1.807, 2.05) is 18.5 Å². The highest BCUT2D eigenvalue weighted by Gasteiger charge is 2.16. The van der Waals surface area contributed by atoms with Gasteiger partial charge in [-0.15, -0.1) is 0 Å². The molecule has 0 atom stereocenters. The number of anilines is 1. The number of carbonyl (C=O) groups is 1. The topological polar surface area (TPSA) is 106 Å². The number of fused-ring (bicyclic) bond motifs is 2. The molecule has 3 heterocycles. The molecule has 8 heteroatoms. The second kappa shape index (κ2) is 5.83. The molecule has 0 fully saturated rings. The average molecular weight is 351 g/mol. The third-order valence-electron chi connectivity index (χ3n) is 4.17. The SMILES string of the molecule is Cc1nc2c(cnn2C(C)C)cc1C(=O)Nc1ccc2oc(=O)[nH]c2c1. The molecule has 1 amide bonds. The number of nitrogens with one attached hydrogen (secondary N) is 2. The number of benzene rings is 1. The Bertz CT molecular complexity index is 1200. The van der Waals surface area contributed by atoms with Gasteiger partial charge >= 0.3 is 5.76 Å². The fourth-order valence-corrected chi connectivity index (χ4v) is 2.90. The van der Waals surface area contributed by atoms with Crippen LogP contribution < -0.4 is 11.1 Å². The average Bonchev–Trinajstić information content (AvgIpc) is 3.15. The number of nitrogens with zero attached hydrogens (tertiary/aromatic N) is 3. The van der Waals surface area contributed by atoms with E-state index in [1.165, 1.54) is 0 Å². The van der Waals surface area contributed by atoms with Crippen LogP contribution in [-0.4, -0.2) is 25.7 Å². The number of pyridine rings is 1. The lowest BCUT2D eigenvalue weighted by Crippen LogP contribution is -2.14. The molecule has 132 valence electrons. The first-order valence-corrected chi connectivity index (χ1v) is 8.21. The van der Waals surface area contributed by atoms with E-state index in [0.717, 1.165) is 11.0 Å². The molecular formula is C18H17N5O3. The number of carbonyl (C=O) groups excluding carboxylic acids is 1. The molecule has 0 aliphatic heterocycles. The molecule has 3 aromatic heterocycles. The molecule has 0 saturated carbocycles. The zero-order valence-electron chi connectivity index (χ0n) is 14.5. The molecule has 0 spiro atoms. The highest BCUT2D eigenvalue weighted by atomic mass is 16.4. The van der Waals surface area contributed by atoms with Gasteiger partial charge in [-0.3, -0.25) is 9.78 Å². The number of H-pyrrole nitrogens is 1. The van der Waals surface area contributed by atoms with E-state index >= 15 is 0 Å². The Kier molecular flexibility index (Phi) is 3.61. The Labute approximate surface area is 147 Å². The summed E-state index contributed by atoms with van der Waals surface area (Å²) in [5.41, 5.74) is 3.37. The second-order valence-electron chi connectivity index (χ2n) is 6.40. The number of aryl methyl sites for hydroxylation is 1. The van der Waals surface area contributed by atoms with Gasteiger partial charge < -0.3 is 9.73 Å². The Balaban J connectivity index is 1.68. The van der Waals surface area contributed by atoms with Gasteiger partial charge in [-0.2, -0.15) is 5.10 Å². The fraction of sp³-hybridized carbons (Fsp3) is 0.222. The summed E-state index contributed by atoms with van der Waals surface area (Å²) in [6.07, 6.45) is 1.71. The van der Waals surface area contributed by atoms with Crippen LogP contribution in [0.2, 0.25) is 0 Å². The zero-order chi connectivity index (χ0) is 18.4. The zero-order valence-corrected chi connectivity index (χ0v) is 14.5. The minimum atomic E-state index is -0.531. The molecule has 0 bridgehead atoms. The van der Waals surface area contributed by atoms with Crippen LogP contribution in [0.1, 0.15) is 35.9 Å². The Morgan fingerprint density at radius 3 is 2.88 bits per heavy atom. The van der Waals surface area contributed by atoms with Crippen LogP contribution in [0.5, 0.6) is 0 Å². The summed E-state index contributed by atoms with van der Waals surface area (Å²) in [4.78, 5) is 31.0. The highest BCUT2D eigenvalue weighted by Crippen LogP contribution is 2.21. The highest BCUT2D eigenvalue weighted by molar-refractivity contribution is 6.07. The largest absolute Gasteiger partial charge is 0.417 e. The van der Waals surface area contributed by atoms with Crippen molar-refractivity contribution in [3.05, 3.63) is 52.3 Å². The number of aromatic nitrogens is 4. The number of hydrogen-bond donors (Lipinski definition) is 2. The van der Waals surface area contributed by atoms with Crippen LogP contribution >= 0.6 is 0 Å². The van der Waals surface area contributed by atoms with E-state index in [-0.39, 0.29) is 11.9 Å². The third kappa shape index (κ3) is 2.65. The van der Waals surface area contributed by atoms with E-state index < -0.39 is 5.76 Å². The van der Waals surface area contributed by atoms with Crippen molar-refractivity contribution in [1.82, 2.24) is 19.7 Å². The molecule has 0 saturated heterocycles. The van der Waals surface area contributed by atoms with Crippen molar-refractivity contribution < 1.29 is 9.21 Å². The lowest BCUT2D eigenvalue weighted by molar-refractivity contribution is 0.102. The molecule has 1 aromatic carbocycles. The van der Waals surface area contributed by atoms with Crippen LogP contribution in [0.25, 0.3) is 22.1 Å². The van der Waals surface area contributed by atoms with Gasteiger partial charge in [0.2, 0.25) is 0 Å². The first-order valence-electron chi connectivity index (χ1n) is 8.21. The van der Waals surface area contributed by atoms with Crippen molar-refractivity contribution in [2.45, 2.75) is 26.8 Å². The Hall–Kier alpha value is -3.42. The van der Waals surface area contributed by atoms with Crippen LogP contribution in [0.4, 0.5) is 5.69 Å². The summed E-state index contributed by atoms with van der Waals surface area (Å²) < 4.78 is 6.78. The van der Waals surface area contributed by atoms with Crippen molar-refractivity contribution in [1.29, 1.82) is 0 Å². The Morgan fingerprint density at radius 1 is 1.31 bits per heavy atom. The monoisotopic (exact) mass is 351 g/mol. The van der Waals surface area contributed by atoms with Gasteiger partial charge in [0.15, 0.2) is 11.2 Å². The smallest absolute Gasteiger partial charge is 0.408 e. The van der Waals surface area contributed by atoms with Gasteiger partial charge in [-0.05, 0) is 45.0 Å². The minimum absolute atomic E-state index is 0.183. The van der Waals surface area contributed by atoms with Crippen LogP contribution in [0, 0.1) is 6.92 Å². The van der Waals surface area contributed by atoms with Gasteiger partial charge in [0.1, 0.15) is 0 Å². The van der Waals surface area contributed by atoms with Crippen LogP contribution in [-0.2, 0) is 0 Å². The van der Waals surface area contributed by atoms with E-state index in [0.29, 0.717) is 28.0 Å². The van der Waals surface area contributed by atoms with Crippen LogP contribution in [0.15, 0.2) is 39.7 Å². The Morgan fingerprint density at radius 2 is 2.12 bits per heavy atom. The maximum absolute atomic E-state index is 12.7. The molecule has 2 N–H and O–H groups in total. The standard InChI is InChI=1S/C18H17N5O3/c1-9(2)23-16-11(8-19-23)6-13(10(3)20-16)17(24)21-12-4-5-15-14(7-12)22-18(25)26-15/h4-9H,1-3H3,(H,21,24)(H,22,25). The predicted octanol–water partition coefficient (Wildman–Crippen LogP) is 3.01. The summed E-state index contributed by atoms with van der Waals surface area (Å²) in [6, 6.07) is 6.93. The van der Waals surface area contributed by atoms with E-state index in [4.69, 9.17) is 4.42 Å². The van der Waals surface area contributed by atoms with E-state index in [2.05, 4.69) is 20.4 Å². The molecule has 8 nitrogen and oxygen atoms in total. The third-order valence-corrected chi connectivity index (χ3v) is 4.17. The maximum atomic E-state index is 12.7. The molecular weight excluding hydrogens is 334 g/mol. The second-order valence-corrected chi connectivity index (χ2v) is 6.40. The van der Waals surface area contributed by atoms with Crippen LogP contribution in [0.3, 0.4) is 0 Å². The molecule has 26 heavy (non-hydrogen) atoms. The van der Waals surface area contributed by atoms with Gasteiger partial charge in [0.05, 0.1) is 23.0 Å². The normalized spacial score (nSPS) is 11.5. The summed E-state index contributed by atoms with van der Waals surface area (Å²) in [5, 5.41) is 7.97. The lowest BCUT2D eigenvalue weighted by atomic mass is 10.1. The van der Waals surface area contributed by atoms with E-state index in [1.54, 1.807) is 37.4 Å². The number of hydrogen-bond acceptors (Lipinski definition) is 5. The van der Waals surface area contributed by atoms with Crippen molar-refractivity contribution in [2.75, 3.05) is 5.32 Å². The van der Waals surface area contributed by atoms with Gasteiger partial charge in [0.25, 0.3) is 5.91 Å². The predicted molar refractivity (Wildman–Crippen MR) is 97.4 cm³/mol. The maximum Gasteiger partial charge on any atom is 0.417 e. The first kappa shape index (κ1) is 16.1. The molecule has 4 aromatic rings.